The van der Waals surface area contributed by atoms with Gasteiger partial charge in [0.05, 0.1) is 17.1 Å². The number of carbonyl (C=O) groups excluding carboxylic acids is 2. The molecule has 0 bridgehead atoms. The van der Waals surface area contributed by atoms with Crippen LogP contribution in [-0.2, 0) is 32.4 Å². The largest absolute Gasteiger partial charge is 0.390 e. The van der Waals surface area contributed by atoms with Crippen molar-refractivity contribution in [2.45, 2.75) is 132 Å². The molecule has 0 aliphatic carbocycles. The van der Waals surface area contributed by atoms with Gasteiger partial charge in [0.2, 0.25) is 11.8 Å². The normalized spacial score (nSPS) is 11.2. The fourth-order valence-electron chi connectivity index (χ4n) is 4.06. The third-order valence-corrected chi connectivity index (χ3v) is 8.45. The molecule has 0 heterocycles. The highest BCUT2D eigenvalue weighted by atomic mass is 32.2. The van der Waals surface area contributed by atoms with Crippen molar-refractivity contribution in [2.75, 3.05) is 18.8 Å². The summed E-state index contributed by atoms with van der Waals surface area (Å²) in [5.74, 6) is -1.82. The van der Waals surface area contributed by atoms with Gasteiger partial charge in [-0.05, 0) is 50.3 Å². The van der Waals surface area contributed by atoms with E-state index in [2.05, 4.69) is 54.4 Å². The first kappa shape index (κ1) is 50.8. The number of hydrogen-bond acceptors (Lipinski definition) is 6. The van der Waals surface area contributed by atoms with E-state index in [0.717, 1.165) is 30.4 Å². The Morgan fingerprint density at radius 2 is 1.51 bits per heavy atom. The van der Waals surface area contributed by atoms with Gasteiger partial charge < -0.3 is 21.1 Å². The summed E-state index contributed by atoms with van der Waals surface area (Å²) in [6.45, 7) is 23.1. The molecular formula is C37H66FN3O5S. The number of aliphatic hydroxyl groups is 1. The topological polar surface area (TPSA) is 125 Å². The van der Waals surface area contributed by atoms with Crippen molar-refractivity contribution in [3.63, 3.8) is 0 Å². The molecule has 0 saturated carbocycles. The number of terminal acetylenes is 1. The Morgan fingerprint density at radius 1 is 0.979 bits per heavy atom. The van der Waals surface area contributed by atoms with Crippen LogP contribution in [-0.4, -0.2) is 61.6 Å². The van der Waals surface area contributed by atoms with E-state index in [0.29, 0.717) is 19.4 Å². The summed E-state index contributed by atoms with van der Waals surface area (Å²) in [4.78, 5) is 24.7. The van der Waals surface area contributed by atoms with E-state index in [4.69, 9.17) is 0 Å². The van der Waals surface area contributed by atoms with Crippen molar-refractivity contribution < 1.29 is 27.5 Å². The van der Waals surface area contributed by atoms with Crippen LogP contribution in [0, 0.1) is 12.8 Å². The molecule has 10 heteroatoms. The van der Waals surface area contributed by atoms with Crippen LogP contribution in [0.1, 0.15) is 112 Å². The Hall–Kier alpha value is -3.00. The summed E-state index contributed by atoms with van der Waals surface area (Å²) in [5, 5.41) is 18.0. The molecule has 0 saturated heterocycles. The number of aliphatic hydroxyl groups excluding tert-OH is 1. The minimum atomic E-state index is -3.58. The average molecular weight is 684 g/mol. The maximum atomic E-state index is 13.0. The highest BCUT2D eigenvalue weighted by Gasteiger charge is 2.32. The monoisotopic (exact) mass is 683 g/mol. The van der Waals surface area contributed by atoms with E-state index in [1.54, 1.807) is 6.92 Å². The molecule has 1 aromatic rings. The van der Waals surface area contributed by atoms with E-state index in [-0.39, 0.29) is 25.3 Å². The highest BCUT2D eigenvalue weighted by Crippen LogP contribution is 2.17. The zero-order chi connectivity index (χ0) is 37.4. The van der Waals surface area contributed by atoms with Crippen molar-refractivity contribution in [3.8, 4) is 12.8 Å². The summed E-state index contributed by atoms with van der Waals surface area (Å²) >= 11 is 0. The molecule has 2 amide bonds. The summed E-state index contributed by atoms with van der Waals surface area (Å²) in [7, 11) is -3.58. The fourth-order valence-corrected chi connectivity index (χ4v) is 6.23. The molecule has 0 aromatic heterocycles. The minimum absolute atomic E-state index is 0.0489. The van der Waals surface area contributed by atoms with Crippen molar-refractivity contribution in [2.24, 2.45) is 0 Å². The number of halogens is 1. The minimum Gasteiger partial charge on any atom is -0.390 e. The van der Waals surface area contributed by atoms with Gasteiger partial charge in [0, 0.05) is 26.1 Å². The van der Waals surface area contributed by atoms with Crippen molar-refractivity contribution in [1.29, 1.82) is 0 Å². The fraction of sp³-hybridized carbons (Fsp3) is 0.622. The molecule has 0 unspecified atom stereocenters. The van der Waals surface area contributed by atoms with Crippen LogP contribution in [0.25, 0.3) is 0 Å². The smallest absolute Gasteiger partial charge is 0.243 e. The lowest BCUT2D eigenvalue weighted by atomic mass is 10.1. The number of carbonyl (C=O) groups is 2. The predicted molar refractivity (Wildman–Crippen MR) is 198 cm³/mol. The third kappa shape index (κ3) is 27.8. The number of aryl methyl sites for hydroxylation is 1. The maximum absolute atomic E-state index is 13.0. The molecule has 1 rings (SSSR count). The van der Waals surface area contributed by atoms with Gasteiger partial charge in [0.1, 0.15) is 11.9 Å². The summed E-state index contributed by atoms with van der Waals surface area (Å²) in [6, 6.07) is 6.98. The van der Waals surface area contributed by atoms with Gasteiger partial charge in [-0.3, -0.25) is 9.59 Å². The Kier molecular flexibility index (Phi) is 35.6. The first-order valence-electron chi connectivity index (χ1n) is 16.9. The van der Waals surface area contributed by atoms with Crippen LogP contribution in [0.4, 0.5) is 4.39 Å². The van der Waals surface area contributed by atoms with Crippen LogP contribution < -0.4 is 16.0 Å². The Labute approximate surface area is 287 Å². The molecule has 272 valence electrons. The van der Waals surface area contributed by atoms with E-state index in [9.17, 15) is 27.5 Å². The van der Waals surface area contributed by atoms with Gasteiger partial charge >= 0.3 is 0 Å². The lowest BCUT2D eigenvalue weighted by Gasteiger charge is -2.23. The molecule has 0 radical (unpaired) electrons. The number of sulfone groups is 1. The average Bonchev–Trinajstić information content (AvgIpc) is 3.05. The number of rotatable bonds is 18. The van der Waals surface area contributed by atoms with Gasteiger partial charge in [-0.15, -0.1) is 12.8 Å². The molecule has 2 atom stereocenters. The van der Waals surface area contributed by atoms with E-state index in [1.807, 2.05) is 67.5 Å². The Morgan fingerprint density at radius 3 is 1.94 bits per heavy atom. The molecule has 47 heavy (non-hydrogen) atoms. The molecule has 4 N–H and O–H groups in total. The first-order valence-corrected chi connectivity index (χ1v) is 18.6. The lowest BCUT2D eigenvalue weighted by Crippen LogP contribution is -2.52. The number of benzene rings is 1. The molecular weight excluding hydrogens is 617 g/mol. The zero-order valence-electron chi connectivity index (χ0n) is 30.9. The zero-order valence-corrected chi connectivity index (χ0v) is 31.7. The van der Waals surface area contributed by atoms with E-state index in [1.165, 1.54) is 11.6 Å². The van der Waals surface area contributed by atoms with Gasteiger partial charge in [0.15, 0.2) is 9.84 Å². The summed E-state index contributed by atoms with van der Waals surface area (Å²) in [6.07, 6.45) is 12.1. The standard InChI is InChI=1S/C25H43N3O5S.C6H9F.2C2H6.C2H2/c1-5-10-22(11-6-2)34(32,33)18-23(28-24(30)8-4)25(31)27-17-21(29)16-26-15-20-13-9-12-19(7-3)14-20;1-5(2)4-6(3)7;3*1-2/h9,12-14,21-23,26,29H,5-8,10-11,15-18H2,1-4H3,(H,27,31)(H,28,30);4H,3H2,1-2H3;2*1-2H3;1-2H/t21-,23-;;;;/m1..../s1. The van der Waals surface area contributed by atoms with Gasteiger partial charge in [0.25, 0.3) is 0 Å². The van der Waals surface area contributed by atoms with Gasteiger partial charge in [-0.1, -0.05) is 105 Å². The quantitative estimate of drug-likeness (QED) is 0.0994. The lowest BCUT2D eigenvalue weighted by molar-refractivity contribution is -0.128. The summed E-state index contributed by atoms with van der Waals surface area (Å²) < 4.78 is 37.6. The molecule has 0 fully saturated rings. The van der Waals surface area contributed by atoms with E-state index >= 15 is 0 Å². The van der Waals surface area contributed by atoms with Crippen LogP contribution in [0.2, 0.25) is 0 Å². The second-order valence-corrected chi connectivity index (χ2v) is 12.7. The van der Waals surface area contributed by atoms with Crippen LogP contribution in [0.5, 0.6) is 0 Å². The number of nitrogens with one attached hydrogen (secondary N) is 3. The van der Waals surface area contributed by atoms with E-state index < -0.39 is 44.8 Å². The Bertz CT molecular complexity index is 1110. The number of amides is 2. The van der Waals surface area contributed by atoms with Crippen LogP contribution in [0.15, 0.2) is 48.3 Å². The third-order valence-electron chi connectivity index (χ3n) is 6.17. The van der Waals surface area contributed by atoms with Crippen molar-refractivity contribution in [1.82, 2.24) is 16.0 Å². The van der Waals surface area contributed by atoms with Crippen LogP contribution in [0.3, 0.4) is 0 Å². The first-order chi connectivity index (χ1) is 22.3. The van der Waals surface area contributed by atoms with Crippen LogP contribution >= 0.6 is 0 Å². The van der Waals surface area contributed by atoms with Crippen molar-refractivity contribution >= 4 is 21.7 Å². The molecule has 1 aromatic carbocycles. The molecule has 0 aliphatic heterocycles. The second kappa shape index (κ2) is 32.9. The predicted octanol–water partition coefficient (Wildman–Crippen LogP) is 6.83. The number of hydrogen-bond donors (Lipinski definition) is 4. The van der Waals surface area contributed by atoms with Crippen molar-refractivity contribution in [3.05, 3.63) is 59.4 Å². The highest BCUT2D eigenvalue weighted by molar-refractivity contribution is 7.92. The molecule has 0 spiro atoms. The SMILES string of the molecule is C#C.C=C(F)C=C(C)C.CC.CC.CCCC(CCC)S(=O)(=O)C[C@@H](NC(=O)CC)C(=O)NC[C@H](O)CNCc1cccc(CC)c1. The van der Waals surface area contributed by atoms with Gasteiger partial charge in [-0.25, -0.2) is 12.8 Å². The maximum Gasteiger partial charge on any atom is 0.243 e. The Balaban J connectivity index is -0.000000609. The molecule has 0 aliphatic rings. The van der Waals surface area contributed by atoms with Gasteiger partial charge in [-0.2, -0.15) is 0 Å². The molecule has 8 nitrogen and oxygen atoms in total. The number of allylic oxidation sites excluding steroid dienone is 3. The summed E-state index contributed by atoms with van der Waals surface area (Å²) in [5.41, 5.74) is 3.28. The second-order valence-electron chi connectivity index (χ2n) is 10.4.